The van der Waals surface area contributed by atoms with Crippen LogP contribution in [0.5, 0.6) is 11.6 Å². The number of urea groups is 1. The lowest BCUT2D eigenvalue weighted by atomic mass is 10.2. The minimum Gasteiger partial charge on any atom is -0.439 e. The molecule has 0 atom stereocenters. The molecule has 0 saturated heterocycles. The van der Waals surface area contributed by atoms with Gasteiger partial charge >= 0.3 is 6.03 Å². The molecule has 1 aromatic heterocycles. The van der Waals surface area contributed by atoms with Crippen molar-refractivity contribution < 1.29 is 14.3 Å². The number of aromatic nitrogens is 1. The number of benzene rings is 2. The fraction of sp³-hybridized carbons (Fsp3) is 0. The summed E-state index contributed by atoms with van der Waals surface area (Å²) in [6, 6.07) is 11.6. The van der Waals surface area contributed by atoms with E-state index in [1.807, 2.05) is 0 Å². The summed E-state index contributed by atoms with van der Waals surface area (Å²) in [5.41, 5.74) is 0.338. The molecule has 2 N–H and O–H groups in total. The lowest BCUT2D eigenvalue weighted by molar-refractivity contribution is 0.0967. The van der Waals surface area contributed by atoms with Gasteiger partial charge in [0.25, 0.3) is 5.91 Å². The fourth-order valence-corrected chi connectivity index (χ4v) is 3.34. The van der Waals surface area contributed by atoms with Gasteiger partial charge in [0.05, 0.1) is 27.5 Å². The first-order valence-electron chi connectivity index (χ1n) is 7.98. The number of anilines is 1. The largest absolute Gasteiger partial charge is 0.439 e. The summed E-state index contributed by atoms with van der Waals surface area (Å²) < 4.78 is 5.56. The van der Waals surface area contributed by atoms with E-state index in [0.717, 1.165) is 0 Å². The van der Waals surface area contributed by atoms with Gasteiger partial charge in [-0.1, -0.05) is 52.5 Å². The molecule has 0 radical (unpaired) electrons. The number of pyridine rings is 1. The van der Waals surface area contributed by atoms with Crippen molar-refractivity contribution >= 4 is 64.0 Å². The third kappa shape index (κ3) is 5.74. The second-order valence-corrected chi connectivity index (χ2v) is 7.28. The average Bonchev–Trinajstić information content (AvgIpc) is 2.62. The Bertz CT molecular complexity index is 1030. The van der Waals surface area contributed by atoms with Gasteiger partial charge in [0, 0.05) is 16.1 Å². The van der Waals surface area contributed by atoms with E-state index < -0.39 is 11.9 Å². The molecule has 0 bridgehead atoms. The molecule has 0 unspecified atom stereocenters. The number of halogens is 4. The van der Waals surface area contributed by atoms with Crippen molar-refractivity contribution in [3.8, 4) is 11.6 Å². The van der Waals surface area contributed by atoms with Crippen LogP contribution < -0.4 is 15.4 Å². The fourth-order valence-electron chi connectivity index (χ4n) is 2.27. The molecule has 148 valence electrons. The van der Waals surface area contributed by atoms with Crippen molar-refractivity contribution in [2.45, 2.75) is 0 Å². The van der Waals surface area contributed by atoms with Gasteiger partial charge in [-0.25, -0.2) is 9.78 Å². The third-order valence-corrected chi connectivity index (χ3v) is 4.54. The molecule has 3 rings (SSSR count). The Kier molecular flexibility index (Phi) is 6.82. The highest BCUT2D eigenvalue weighted by molar-refractivity contribution is 6.40. The average molecular weight is 471 g/mol. The Morgan fingerprint density at radius 1 is 0.897 bits per heavy atom. The van der Waals surface area contributed by atoms with E-state index in [1.54, 1.807) is 30.3 Å². The molecule has 6 nitrogen and oxygen atoms in total. The van der Waals surface area contributed by atoms with Crippen LogP contribution in [0.2, 0.25) is 20.1 Å². The molecule has 29 heavy (non-hydrogen) atoms. The first-order valence-corrected chi connectivity index (χ1v) is 9.49. The number of amides is 3. The number of hydrogen-bond acceptors (Lipinski definition) is 4. The first kappa shape index (κ1) is 21.2. The summed E-state index contributed by atoms with van der Waals surface area (Å²) in [6.45, 7) is 0. The van der Waals surface area contributed by atoms with Crippen LogP contribution >= 0.6 is 46.4 Å². The lowest BCUT2D eigenvalue weighted by Gasteiger charge is -2.10. The second-order valence-electron chi connectivity index (χ2n) is 5.60. The van der Waals surface area contributed by atoms with E-state index in [2.05, 4.69) is 15.6 Å². The Labute approximate surface area is 185 Å². The summed E-state index contributed by atoms with van der Waals surface area (Å²) in [5, 5.41) is 5.73. The van der Waals surface area contributed by atoms with Gasteiger partial charge in [0.15, 0.2) is 0 Å². The number of carbonyl (C=O) groups is 2. The molecule has 2 aromatic carbocycles. The maximum Gasteiger partial charge on any atom is 0.326 e. The zero-order chi connectivity index (χ0) is 21.0. The Morgan fingerprint density at radius 3 is 2.14 bits per heavy atom. The molecule has 0 aliphatic rings. The third-order valence-electron chi connectivity index (χ3n) is 3.47. The molecule has 3 amide bonds. The van der Waals surface area contributed by atoms with Crippen molar-refractivity contribution in [2.75, 3.05) is 5.32 Å². The second kappa shape index (κ2) is 9.33. The molecular formula is C19H11Cl4N3O3. The van der Waals surface area contributed by atoms with Crippen molar-refractivity contribution in [1.29, 1.82) is 0 Å². The number of nitrogens with zero attached hydrogens (tertiary/aromatic N) is 1. The van der Waals surface area contributed by atoms with Crippen LogP contribution in [0.1, 0.15) is 10.4 Å². The number of ether oxygens (including phenoxy) is 1. The Balaban J connectivity index is 1.62. The van der Waals surface area contributed by atoms with Gasteiger partial charge in [-0.3, -0.25) is 10.1 Å². The van der Waals surface area contributed by atoms with Gasteiger partial charge in [-0.15, -0.1) is 0 Å². The molecule has 0 spiro atoms. The van der Waals surface area contributed by atoms with Crippen LogP contribution in [0.3, 0.4) is 0 Å². The molecule has 0 fully saturated rings. The van der Waals surface area contributed by atoms with Crippen LogP contribution in [-0.2, 0) is 0 Å². The quantitative estimate of drug-likeness (QED) is 0.459. The Morgan fingerprint density at radius 2 is 1.55 bits per heavy atom. The summed E-state index contributed by atoms with van der Waals surface area (Å²) in [4.78, 5) is 28.3. The van der Waals surface area contributed by atoms with Crippen LogP contribution in [0.4, 0.5) is 10.5 Å². The number of hydrogen-bond donors (Lipinski definition) is 2. The zero-order valence-corrected chi connectivity index (χ0v) is 17.4. The van der Waals surface area contributed by atoms with Gasteiger partial charge in [-0.05, 0) is 36.4 Å². The van der Waals surface area contributed by atoms with Crippen molar-refractivity contribution in [3.63, 3.8) is 0 Å². The van der Waals surface area contributed by atoms with Crippen LogP contribution in [0.15, 0.2) is 54.7 Å². The zero-order valence-electron chi connectivity index (χ0n) is 14.4. The lowest BCUT2D eigenvalue weighted by Crippen LogP contribution is -2.34. The van der Waals surface area contributed by atoms with E-state index in [1.165, 1.54) is 24.4 Å². The number of rotatable bonds is 4. The molecule has 0 saturated carbocycles. The van der Waals surface area contributed by atoms with Gasteiger partial charge < -0.3 is 10.1 Å². The van der Waals surface area contributed by atoms with Crippen molar-refractivity contribution in [1.82, 2.24) is 10.3 Å². The normalized spacial score (nSPS) is 10.3. The number of carbonyl (C=O) groups excluding carboxylic acids is 2. The van der Waals surface area contributed by atoms with Crippen LogP contribution in [-0.4, -0.2) is 16.9 Å². The van der Waals surface area contributed by atoms with E-state index in [9.17, 15) is 9.59 Å². The predicted molar refractivity (Wildman–Crippen MR) is 114 cm³/mol. The minimum absolute atomic E-state index is 0.00744. The van der Waals surface area contributed by atoms with Gasteiger partial charge in [0.1, 0.15) is 5.75 Å². The molecular weight excluding hydrogens is 460 g/mol. The van der Waals surface area contributed by atoms with Crippen molar-refractivity contribution in [2.24, 2.45) is 0 Å². The van der Waals surface area contributed by atoms with E-state index in [-0.39, 0.29) is 21.5 Å². The topological polar surface area (TPSA) is 80.3 Å². The highest BCUT2D eigenvalue weighted by Crippen LogP contribution is 2.28. The molecule has 3 aromatic rings. The Hall–Kier alpha value is -2.51. The first-order chi connectivity index (χ1) is 13.8. The molecule has 10 heteroatoms. The monoisotopic (exact) mass is 469 g/mol. The molecule has 0 aliphatic carbocycles. The number of nitrogens with one attached hydrogen (secondary N) is 2. The van der Waals surface area contributed by atoms with Gasteiger partial charge in [-0.2, -0.15) is 0 Å². The maximum absolute atomic E-state index is 12.2. The molecule has 0 aliphatic heterocycles. The SMILES string of the molecule is O=C(NC(=O)c1c(Cl)cccc1Cl)Nc1ccc(Oc2cc(Cl)cc(Cl)c2)nc1. The summed E-state index contributed by atoms with van der Waals surface area (Å²) in [7, 11) is 0. The van der Waals surface area contributed by atoms with E-state index >= 15 is 0 Å². The van der Waals surface area contributed by atoms with Gasteiger partial charge in [0.2, 0.25) is 5.88 Å². The van der Waals surface area contributed by atoms with Crippen LogP contribution in [0.25, 0.3) is 0 Å². The van der Waals surface area contributed by atoms with E-state index in [4.69, 9.17) is 51.1 Å². The van der Waals surface area contributed by atoms with Crippen LogP contribution in [0, 0.1) is 0 Å². The smallest absolute Gasteiger partial charge is 0.326 e. The number of imide groups is 1. The molecule has 1 heterocycles. The predicted octanol–water partition coefficient (Wildman–Crippen LogP) is 6.45. The minimum atomic E-state index is -0.775. The summed E-state index contributed by atoms with van der Waals surface area (Å²) in [5.74, 6) is -0.0623. The van der Waals surface area contributed by atoms with E-state index in [0.29, 0.717) is 21.5 Å². The summed E-state index contributed by atoms with van der Waals surface area (Å²) in [6.07, 6.45) is 1.36. The standard InChI is InChI=1S/C19H11Cl4N3O3/c20-10-6-11(21)8-13(7-10)29-16-5-4-12(9-24-16)25-19(28)26-18(27)17-14(22)2-1-3-15(17)23/h1-9H,(H2,25,26,27,28). The van der Waals surface area contributed by atoms with Crippen molar-refractivity contribution in [3.05, 3.63) is 80.4 Å². The summed E-state index contributed by atoms with van der Waals surface area (Å²) >= 11 is 23.7. The maximum atomic E-state index is 12.2. The highest BCUT2D eigenvalue weighted by Gasteiger charge is 2.17. The highest BCUT2D eigenvalue weighted by atomic mass is 35.5.